The number of unbranched alkanes of at least 4 members (excludes halogenated alkanes) is 3. The lowest BCUT2D eigenvalue weighted by Crippen LogP contribution is -1.97. The van der Waals surface area contributed by atoms with Gasteiger partial charge < -0.3 is 14.3 Å². The smallest absolute Gasteiger partial charge is 0.188 e. The fourth-order valence-corrected chi connectivity index (χ4v) is 0.848. The van der Waals surface area contributed by atoms with Crippen LogP contribution in [-0.2, 0) is 14.3 Å². The van der Waals surface area contributed by atoms with E-state index in [4.69, 9.17) is 9.47 Å². The predicted octanol–water partition coefficient (Wildman–Crippen LogP) is 2.66. The van der Waals surface area contributed by atoms with Crippen LogP contribution in [0.5, 0.6) is 0 Å². The monoisotopic (exact) mass is 200 g/mol. The summed E-state index contributed by atoms with van der Waals surface area (Å²) in [6.45, 7) is 3.21. The third kappa shape index (κ3) is 11.2. The zero-order chi connectivity index (χ0) is 10.5. The lowest BCUT2D eigenvalue weighted by atomic mass is 10.2. The van der Waals surface area contributed by atoms with Crippen molar-refractivity contribution >= 4 is 6.29 Å². The van der Waals surface area contributed by atoms with Gasteiger partial charge >= 0.3 is 0 Å². The van der Waals surface area contributed by atoms with Gasteiger partial charge in [0.25, 0.3) is 0 Å². The van der Waals surface area contributed by atoms with Crippen molar-refractivity contribution < 1.29 is 14.3 Å². The second-order valence-corrected chi connectivity index (χ2v) is 3.02. The van der Waals surface area contributed by atoms with Gasteiger partial charge in [-0.2, -0.15) is 0 Å². The molecule has 14 heavy (non-hydrogen) atoms. The number of hydrogen-bond donors (Lipinski definition) is 0. The van der Waals surface area contributed by atoms with Crippen LogP contribution in [0.25, 0.3) is 0 Å². The molecule has 82 valence electrons. The molecule has 0 aromatic heterocycles. The van der Waals surface area contributed by atoms with Gasteiger partial charge in [0.15, 0.2) is 6.79 Å². The molecule has 0 rings (SSSR count). The van der Waals surface area contributed by atoms with Crippen LogP contribution in [0.3, 0.4) is 0 Å². The van der Waals surface area contributed by atoms with Crippen LogP contribution in [0.15, 0.2) is 12.3 Å². The Hall–Kier alpha value is -0.830. The van der Waals surface area contributed by atoms with Crippen LogP contribution < -0.4 is 0 Å². The second kappa shape index (κ2) is 12.2. The summed E-state index contributed by atoms with van der Waals surface area (Å²) in [6, 6.07) is 0. The lowest BCUT2D eigenvalue weighted by Gasteiger charge is -2.01. The third-order valence-electron chi connectivity index (χ3n) is 1.68. The average Bonchev–Trinajstić information content (AvgIpc) is 2.21. The minimum Gasteiger partial charge on any atom is -0.475 e. The molecule has 0 bridgehead atoms. The molecule has 0 aliphatic heterocycles. The second-order valence-electron chi connectivity index (χ2n) is 3.02. The summed E-state index contributed by atoms with van der Waals surface area (Å²) in [5, 5.41) is 0. The van der Waals surface area contributed by atoms with Crippen molar-refractivity contribution in [3.05, 3.63) is 12.3 Å². The zero-order valence-corrected chi connectivity index (χ0v) is 8.91. The van der Waals surface area contributed by atoms with E-state index in [1.165, 1.54) is 0 Å². The van der Waals surface area contributed by atoms with E-state index in [-0.39, 0.29) is 0 Å². The van der Waals surface area contributed by atoms with Gasteiger partial charge in [-0.05, 0) is 25.3 Å². The number of aldehydes is 1. The Balaban J connectivity index is 2.99. The first-order valence-corrected chi connectivity index (χ1v) is 5.19. The van der Waals surface area contributed by atoms with Crippen molar-refractivity contribution in [2.45, 2.75) is 39.0 Å². The molecule has 3 heteroatoms. The van der Waals surface area contributed by atoms with E-state index < -0.39 is 0 Å². The summed E-state index contributed by atoms with van der Waals surface area (Å²) in [7, 11) is 0. The van der Waals surface area contributed by atoms with Gasteiger partial charge in [-0.25, -0.2) is 0 Å². The minimum absolute atomic E-state index is 0.324. The normalized spacial score (nSPS) is 10.6. The van der Waals surface area contributed by atoms with Crippen molar-refractivity contribution in [1.29, 1.82) is 0 Å². The summed E-state index contributed by atoms with van der Waals surface area (Å²) < 4.78 is 10.2. The maximum absolute atomic E-state index is 9.97. The van der Waals surface area contributed by atoms with Crippen LogP contribution >= 0.6 is 0 Å². The molecule has 0 aromatic rings. The summed E-state index contributed by atoms with van der Waals surface area (Å²) in [5.74, 6) is 0. The van der Waals surface area contributed by atoms with Gasteiger partial charge in [-0.1, -0.05) is 13.3 Å². The number of ether oxygens (including phenoxy) is 2. The molecule has 0 saturated carbocycles. The van der Waals surface area contributed by atoms with E-state index >= 15 is 0 Å². The number of carbonyl (C=O) groups excluding carboxylic acids is 1. The molecule has 0 heterocycles. The summed E-state index contributed by atoms with van der Waals surface area (Å²) in [5.41, 5.74) is 0. The highest BCUT2D eigenvalue weighted by Crippen LogP contribution is 1.94. The van der Waals surface area contributed by atoms with Gasteiger partial charge in [0.05, 0.1) is 12.9 Å². The molecule has 3 nitrogen and oxygen atoms in total. The van der Waals surface area contributed by atoms with Gasteiger partial charge in [0.1, 0.15) is 6.29 Å². The van der Waals surface area contributed by atoms with Crippen molar-refractivity contribution in [3.63, 3.8) is 0 Å². The summed E-state index contributed by atoms with van der Waals surface area (Å²) in [4.78, 5) is 9.97. The van der Waals surface area contributed by atoms with Crippen LogP contribution in [-0.4, -0.2) is 19.7 Å². The standard InChI is InChI=1S/C11H20O3/c1-2-3-9-13-11-14-10-7-5-4-6-8-12/h7-8,10H,2-6,9,11H2,1H3. The molecule has 0 aliphatic carbocycles. The maximum atomic E-state index is 9.97. The molecule has 0 fully saturated rings. The highest BCUT2D eigenvalue weighted by molar-refractivity contribution is 5.48. The van der Waals surface area contributed by atoms with Crippen LogP contribution in [0.4, 0.5) is 0 Å². The first-order valence-electron chi connectivity index (χ1n) is 5.19. The largest absolute Gasteiger partial charge is 0.475 e. The molecule has 0 spiro atoms. The Morgan fingerprint density at radius 2 is 2.07 bits per heavy atom. The molecule has 0 aromatic carbocycles. The van der Waals surface area contributed by atoms with Crippen LogP contribution in [0.1, 0.15) is 39.0 Å². The first kappa shape index (κ1) is 13.2. The Morgan fingerprint density at radius 1 is 1.21 bits per heavy atom. The van der Waals surface area contributed by atoms with Crippen molar-refractivity contribution in [1.82, 2.24) is 0 Å². The minimum atomic E-state index is 0.324. The van der Waals surface area contributed by atoms with Gasteiger partial charge in [-0.3, -0.25) is 0 Å². The average molecular weight is 200 g/mol. The highest BCUT2D eigenvalue weighted by atomic mass is 16.7. The Morgan fingerprint density at radius 3 is 2.79 bits per heavy atom. The van der Waals surface area contributed by atoms with Crippen LogP contribution in [0.2, 0.25) is 0 Å². The van der Waals surface area contributed by atoms with E-state index in [2.05, 4.69) is 6.92 Å². The molecule has 0 saturated heterocycles. The van der Waals surface area contributed by atoms with E-state index in [9.17, 15) is 4.79 Å². The molecular formula is C11H20O3. The van der Waals surface area contributed by atoms with Gasteiger partial charge in [-0.15, -0.1) is 0 Å². The molecule has 0 aliphatic rings. The Kier molecular flexibility index (Phi) is 11.4. The Labute approximate surface area is 86.1 Å². The quantitative estimate of drug-likeness (QED) is 0.235. The van der Waals surface area contributed by atoms with Crippen molar-refractivity contribution in [2.75, 3.05) is 13.4 Å². The summed E-state index contributed by atoms with van der Waals surface area (Å²) in [6.07, 6.45) is 9.09. The molecule has 0 unspecified atom stereocenters. The van der Waals surface area contributed by atoms with Crippen molar-refractivity contribution in [2.24, 2.45) is 0 Å². The predicted molar refractivity (Wildman–Crippen MR) is 55.9 cm³/mol. The van der Waals surface area contributed by atoms with Crippen molar-refractivity contribution in [3.8, 4) is 0 Å². The fraction of sp³-hybridized carbons (Fsp3) is 0.727. The topological polar surface area (TPSA) is 35.5 Å². The van der Waals surface area contributed by atoms with E-state index in [1.807, 2.05) is 6.08 Å². The molecular weight excluding hydrogens is 180 g/mol. The SMILES string of the molecule is CCCCOCOC=CCCCC=O. The fourth-order valence-electron chi connectivity index (χ4n) is 0.848. The third-order valence-corrected chi connectivity index (χ3v) is 1.68. The van der Waals surface area contributed by atoms with E-state index in [0.717, 1.165) is 38.6 Å². The zero-order valence-electron chi connectivity index (χ0n) is 8.91. The number of hydrogen-bond acceptors (Lipinski definition) is 3. The lowest BCUT2D eigenvalue weighted by molar-refractivity contribution is -0.107. The Bertz CT molecular complexity index is 143. The van der Waals surface area contributed by atoms with E-state index in [0.29, 0.717) is 13.2 Å². The maximum Gasteiger partial charge on any atom is 0.188 e. The molecule has 0 amide bonds. The number of allylic oxidation sites excluding steroid dienone is 1. The summed E-state index contributed by atoms with van der Waals surface area (Å²) >= 11 is 0. The van der Waals surface area contributed by atoms with Crippen LogP contribution in [0, 0.1) is 0 Å². The molecule has 0 radical (unpaired) electrons. The highest BCUT2D eigenvalue weighted by Gasteiger charge is 1.85. The molecule has 0 atom stereocenters. The first-order chi connectivity index (χ1) is 6.91. The van der Waals surface area contributed by atoms with Gasteiger partial charge in [0, 0.05) is 6.42 Å². The van der Waals surface area contributed by atoms with Gasteiger partial charge in [0.2, 0.25) is 0 Å². The molecule has 0 N–H and O–H groups in total. The number of carbonyl (C=O) groups is 1. The van der Waals surface area contributed by atoms with E-state index in [1.54, 1.807) is 6.26 Å². The number of rotatable bonds is 10.